The first-order valence-electron chi connectivity index (χ1n) is 11.9. The van der Waals surface area contributed by atoms with Gasteiger partial charge >= 0.3 is 0 Å². The minimum Gasteiger partial charge on any atom is -0.474 e. The van der Waals surface area contributed by atoms with Gasteiger partial charge in [0, 0.05) is 24.9 Å². The number of rotatable bonds is 6. The van der Waals surface area contributed by atoms with E-state index in [1.165, 1.54) is 6.33 Å². The molecule has 4 aromatic heterocycles. The Labute approximate surface area is 207 Å². The van der Waals surface area contributed by atoms with E-state index in [0.717, 1.165) is 59.5 Å². The van der Waals surface area contributed by atoms with Crippen molar-refractivity contribution in [1.82, 2.24) is 35.0 Å². The molecular weight excluding hydrogens is 456 g/mol. The number of piperidine rings is 1. The molecule has 5 heterocycles. The maximum absolute atomic E-state index is 6.13. The standard InChI is InChI=1S/C26H26N8O2/c1-16-11-17(3-5-23(16)35-19-12-21-22(28-13-19)14-34(2)33-21)31-26-25-20(29-15-30-26)4-6-24(32-25)36-18-7-9-27-10-8-18/h3-6,11-15,18,27H,7-10H2,1-2H3,(H,29,30,31). The highest BCUT2D eigenvalue weighted by atomic mass is 16.5. The zero-order chi connectivity index (χ0) is 24.5. The van der Waals surface area contributed by atoms with Crippen molar-refractivity contribution >= 4 is 33.6 Å². The van der Waals surface area contributed by atoms with Crippen LogP contribution < -0.4 is 20.1 Å². The van der Waals surface area contributed by atoms with E-state index >= 15 is 0 Å². The van der Waals surface area contributed by atoms with E-state index in [1.54, 1.807) is 10.9 Å². The highest BCUT2D eigenvalue weighted by Gasteiger charge is 2.16. The molecule has 0 atom stereocenters. The molecule has 0 spiro atoms. The van der Waals surface area contributed by atoms with Gasteiger partial charge in [0.25, 0.3) is 0 Å². The van der Waals surface area contributed by atoms with E-state index in [2.05, 4.69) is 30.7 Å². The van der Waals surface area contributed by atoms with Gasteiger partial charge in [0.2, 0.25) is 5.88 Å². The molecule has 10 heteroatoms. The maximum Gasteiger partial charge on any atom is 0.214 e. The van der Waals surface area contributed by atoms with Crippen LogP contribution in [0.2, 0.25) is 0 Å². The van der Waals surface area contributed by atoms with E-state index in [9.17, 15) is 0 Å². The number of nitrogens with one attached hydrogen (secondary N) is 2. The Balaban J connectivity index is 1.22. The lowest BCUT2D eigenvalue weighted by molar-refractivity contribution is 0.156. The second-order valence-electron chi connectivity index (χ2n) is 8.89. The van der Waals surface area contributed by atoms with Crippen molar-refractivity contribution in [2.24, 2.45) is 7.05 Å². The van der Waals surface area contributed by atoms with Crippen LogP contribution in [0.4, 0.5) is 11.5 Å². The number of ether oxygens (including phenoxy) is 2. The Hall–Kier alpha value is -4.31. The predicted molar refractivity (Wildman–Crippen MR) is 137 cm³/mol. The molecule has 1 aromatic carbocycles. The molecule has 1 fully saturated rings. The van der Waals surface area contributed by atoms with Crippen molar-refractivity contribution in [3.63, 3.8) is 0 Å². The summed E-state index contributed by atoms with van der Waals surface area (Å²) in [6, 6.07) is 11.5. The summed E-state index contributed by atoms with van der Waals surface area (Å²) in [7, 11) is 1.87. The van der Waals surface area contributed by atoms with Crippen LogP contribution in [0.25, 0.3) is 22.1 Å². The first kappa shape index (κ1) is 22.2. The van der Waals surface area contributed by atoms with Gasteiger partial charge in [-0.05, 0) is 62.7 Å². The molecule has 10 nitrogen and oxygen atoms in total. The lowest BCUT2D eigenvalue weighted by atomic mass is 10.1. The highest BCUT2D eigenvalue weighted by molar-refractivity contribution is 5.87. The smallest absolute Gasteiger partial charge is 0.214 e. The molecule has 0 saturated carbocycles. The summed E-state index contributed by atoms with van der Waals surface area (Å²) in [6.07, 6.45) is 7.22. The van der Waals surface area contributed by atoms with Crippen LogP contribution in [0, 0.1) is 6.92 Å². The molecule has 0 aliphatic carbocycles. The summed E-state index contributed by atoms with van der Waals surface area (Å²) in [4.78, 5) is 17.9. The lowest BCUT2D eigenvalue weighted by Gasteiger charge is -2.23. The molecule has 0 amide bonds. The van der Waals surface area contributed by atoms with Crippen molar-refractivity contribution in [2.45, 2.75) is 25.9 Å². The largest absolute Gasteiger partial charge is 0.474 e. The summed E-state index contributed by atoms with van der Waals surface area (Å²) in [5.41, 5.74) is 4.86. The first-order valence-corrected chi connectivity index (χ1v) is 11.9. The first-order chi connectivity index (χ1) is 17.6. The number of pyridine rings is 2. The quantitative estimate of drug-likeness (QED) is 0.366. The maximum atomic E-state index is 6.13. The van der Waals surface area contributed by atoms with Crippen LogP contribution in [0.15, 0.2) is 55.1 Å². The van der Waals surface area contributed by atoms with Gasteiger partial charge in [-0.3, -0.25) is 4.68 Å². The predicted octanol–water partition coefficient (Wildman–Crippen LogP) is 4.28. The molecule has 0 radical (unpaired) electrons. The van der Waals surface area contributed by atoms with Crippen LogP contribution >= 0.6 is 0 Å². The number of aromatic nitrogens is 6. The van der Waals surface area contributed by atoms with Gasteiger partial charge in [0.1, 0.15) is 40.5 Å². The third-order valence-electron chi connectivity index (χ3n) is 6.14. The molecule has 0 unspecified atom stereocenters. The van der Waals surface area contributed by atoms with E-state index in [0.29, 0.717) is 23.0 Å². The minimum absolute atomic E-state index is 0.168. The van der Waals surface area contributed by atoms with Gasteiger partial charge in [-0.1, -0.05) is 0 Å². The number of anilines is 2. The molecule has 182 valence electrons. The molecule has 36 heavy (non-hydrogen) atoms. The van der Waals surface area contributed by atoms with Crippen LogP contribution in [-0.2, 0) is 7.05 Å². The Morgan fingerprint density at radius 3 is 2.75 bits per heavy atom. The Kier molecular flexibility index (Phi) is 5.78. The summed E-state index contributed by atoms with van der Waals surface area (Å²) in [5.74, 6) is 2.58. The molecule has 5 aromatic rings. The normalized spacial score (nSPS) is 14.3. The molecule has 0 bridgehead atoms. The molecular formula is C26H26N8O2. The fraction of sp³-hybridized carbons (Fsp3) is 0.269. The number of hydrogen-bond acceptors (Lipinski definition) is 9. The van der Waals surface area contributed by atoms with Crippen molar-refractivity contribution in [2.75, 3.05) is 18.4 Å². The fourth-order valence-electron chi connectivity index (χ4n) is 4.33. The fourth-order valence-corrected chi connectivity index (χ4v) is 4.33. The van der Waals surface area contributed by atoms with Crippen molar-refractivity contribution in [3.05, 3.63) is 60.7 Å². The van der Waals surface area contributed by atoms with Gasteiger partial charge < -0.3 is 20.1 Å². The Morgan fingerprint density at radius 1 is 1.00 bits per heavy atom. The van der Waals surface area contributed by atoms with Crippen LogP contribution in [0.3, 0.4) is 0 Å². The average Bonchev–Trinajstić information content (AvgIpc) is 3.26. The zero-order valence-electron chi connectivity index (χ0n) is 20.1. The second-order valence-corrected chi connectivity index (χ2v) is 8.89. The Bertz CT molecular complexity index is 1540. The van der Waals surface area contributed by atoms with E-state index < -0.39 is 0 Å². The molecule has 6 rings (SSSR count). The number of fused-ring (bicyclic) bond motifs is 2. The highest BCUT2D eigenvalue weighted by Crippen LogP contribution is 2.30. The summed E-state index contributed by atoms with van der Waals surface area (Å²) < 4.78 is 14.0. The summed E-state index contributed by atoms with van der Waals surface area (Å²) in [5, 5.41) is 11.1. The van der Waals surface area contributed by atoms with Crippen molar-refractivity contribution in [1.29, 1.82) is 0 Å². The molecule has 1 saturated heterocycles. The summed E-state index contributed by atoms with van der Waals surface area (Å²) >= 11 is 0. The lowest BCUT2D eigenvalue weighted by Crippen LogP contribution is -2.34. The average molecular weight is 483 g/mol. The number of hydrogen-bond donors (Lipinski definition) is 2. The van der Waals surface area contributed by atoms with Gasteiger partial charge in [-0.25, -0.2) is 19.9 Å². The second kappa shape index (κ2) is 9.38. The van der Waals surface area contributed by atoms with Crippen LogP contribution in [0.1, 0.15) is 18.4 Å². The zero-order valence-corrected chi connectivity index (χ0v) is 20.1. The van der Waals surface area contributed by atoms with Crippen LogP contribution in [0.5, 0.6) is 17.4 Å². The van der Waals surface area contributed by atoms with Crippen molar-refractivity contribution < 1.29 is 9.47 Å². The van der Waals surface area contributed by atoms with Gasteiger partial charge in [0.15, 0.2) is 5.82 Å². The third kappa shape index (κ3) is 4.63. The van der Waals surface area contributed by atoms with Crippen molar-refractivity contribution in [3.8, 4) is 17.4 Å². The van der Waals surface area contributed by atoms with Crippen LogP contribution in [-0.4, -0.2) is 48.9 Å². The Morgan fingerprint density at radius 2 is 1.89 bits per heavy atom. The third-order valence-corrected chi connectivity index (χ3v) is 6.14. The number of benzene rings is 1. The van der Waals surface area contributed by atoms with Gasteiger partial charge in [-0.2, -0.15) is 5.10 Å². The number of aryl methyl sites for hydroxylation is 2. The molecule has 2 N–H and O–H groups in total. The van der Waals surface area contributed by atoms with E-state index in [-0.39, 0.29) is 6.10 Å². The number of nitrogens with zero attached hydrogens (tertiary/aromatic N) is 6. The SMILES string of the molecule is Cc1cc(Nc2ncnc3ccc(OC4CCNCC4)nc23)ccc1Oc1cnc2cn(C)nc2c1. The van der Waals surface area contributed by atoms with E-state index in [1.807, 2.05) is 56.6 Å². The summed E-state index contributed by atoms with van der Waals surface area (Å²) in [6.45, 7) is 3.91. The minimum atomic E-state index is 0.168. The van der Waals surface area contributed by atoms with Gasteiger partial charge in [-0.15, -0.1) is 0 Å². The molecule has 1 aliphatic rings. The topological polar surface area (TPSA) is 112 Å². The van der Waals surface area contributed by atoms with Gasteiger partial charge in [0.05, 0.1) is 17.9 Å². The molecule has 1 aliphatic heterocycles. The monoisotopic (exact) mass is 482 g/mol. The van der Waals surface area contributed by atoms with E-state index in [4.69, 9.17) is 14.5 Å².